The maximum Gasteiger partial charge on any atom is 0.264 e. The van der Waals surface area contributed by atoms with E-state index < -0.39 is 28.5 Å². The molecule has 3 aromatic rings. The average molecular weight is 602 g/mol. The van der Waals surface area contributed by atoms with E-state index in [4.69, 9.17) is 21.1 Å². The molecule has 0 radical (unpaired) electrons. The van der Waals surface area contributed by atoms with Gasteiger partial charge in [0.15, 0.2) is 0 Å². The summed E-state index contributed by atoms with van der Waals surface area (Å²) in [5, 5.41) is 3.18. The number of methoxy groups -OCH3 is 2. The molecule has 0 saturated carbocycles. The first kappa shape index (κ1) is 31.8. The van der Waals surface area contributed by atoms with Crippen LogP contribution in [0.3, 0.4) is 0 Å². The standard InChI is InChI=1S/C30H36ClN3O6S/c1-6-21(2)32-30(36)22(3)33(19-23-12-15-25(39-4)16-13-23)29(35)20-34(27-18-24(31)14-17-28(27)40-5)41(37,38)26-10-8-7-9-11-26/h7-18,21-22H,6,19-20H2,1-5H3,(H,32,36)/t21-,22-/m1/s1. The number of nitrogens with zero attached hydrogens (tertiary/aromatic N) is 2. The van der Waals surface area contributed by atoms with Gasteiger partial charge in [0.2, 0.25) is 11.8 Å². The maximum absolute atomic E-state index is 14.1. The molecule has 3 aromatic carbocycles. The van der Waals surface area contributed by atoms with Crippen LogP contribution in [0.1, 0.15) is 32.8 Å². The van der Waals surface area contributed by atoms with Crippen molar-refractivity contribution >= 4 is 39.1 Å². The van der Waals surface area contributed by atoms with E-state index in [1.165, 1.54) is 36.3 Å². The zero-order valence-electron chi connectivity index (χ0n) is 23.8. The predicted molar refractivity (Wildman–Crippen MR) is 160 cm³/mol. The Morgan fingerprint density at radius 1 is 0.951 bits per heavy atom. The Kier molecular flexibility index (Phi) is 11.0. The molecule has 0 fully saturated rings. The number of benzene rings is 3. The van der Waals surface area contributed by atoms with Crippen LogP contribution in [0.2, 0.25) is 5.02 Å². The topological polar surface area (TPSA) is 105 Å². The third-order valence-electron chi connectivity index (χ3n) is 6.70. The van der Waals surface area contributed by atoms with Crippen LogP contribution in [0.15, 0.2) is 77.7 Å². The summed E-state index contributed by atoms with van der Waals surface area (Å²) in [4.78, 5) is 28.6. The molecule has 220 valence electrons. The highest BCUT2D eigenvalue weighted by Gasteiger charge is 2.34. The summed E-state index contributed by atoms with van der Waals surface area (Å²) in [7, 11) is -1.30. The van der Waals surface area contributed by atoms with Gasteiger partial charge < -0.3 is 19.7 Å². The van der Waals surface area contributed by atoms with E-state index >= 15 is 0 Å². The molecule has 11 heteroatoms. The number of ether oxygens (including phenoxy) is 2. The molecule has 0 aromatic heterocycles. The fourth-order valence-corrected chi connectivity index (χ4v) is 5.67. The fourth-order valence-electron chi connectivity index (χ4n) is 4.07. The molecular weight excluding hydrogens is 566 g/mol. The van der Waals surface area contributed by atoms with Gasteiger partial charge in [0.25, 0.3) is 10.0 Å². The molecule has 0 unspecified atom stereocenters. The average Bonchev–Trinajstić information content (AvgIpc) is 2.98. The van der Waals surface area contributed by atoms with E-state index in [1.807, 2.05) is 13.8 Å². The lowest BCUT2D eigenvalue weighted by Gasteiger charge is -2.33. The van der Waals surface area contributed by atoms with E-state index in [0.29, 0.717) is 12.2 Å². The van der Waals surface area contributed by atoms with Crippen LogP contribution in [-0.4, -0.2) is 58.0 Å². The van der Waals surface area contributed by atoms with Gasteiger partial charge in [-0.1, -0.05) is 48.9 Å². The first-order valence-electron chi connectivity index (χ1n) is 13.2. The molecule has 0 spiro atoms. The van der Waals surface area contributed by atoms with Gasteiger partial charge in [0, 0.05) is 17.6 Å². The molecule has 9 nitrogen and oxygen atoms in total. The molecule has 41 heavy (non-hydrogen) atoms. The highest BCUT2D eigenvalue weighted by Crippen LogP contribution is 2.35. The van der Waals surface area contributed by atoms with Crippen molar-refractivity contribution in [1.82, 2.24) is 10.2 Å². The summed E-state index contributed by atoms with van der Waals surface area (Å²) in [6.45, 7) is 4.89. The zero-order valence-corrected chi connectivity index (χ0v) is 25.4. The second kappa shape index (κ2) is 14.2. The van der Waals surface area contributed by atoms with Crippen molar-refractivity contribution in [3.63, 3.8) is 0 Å². The number of carbonyl (C=O) groups excluding carboxylic acids is 2. The van der Waals surface area contributed by atoms with Crippen LogP contribution in [-0.2, 0) is 26.2 Å². The number of hydrogen-bond donors (Lipinski definition) is 1. The molecule has 0 bridgehead atoms. The Morgan fingerprint density at radius 2 is 1.61 bits per heavy atom. The van der Waals surface area contributed by atoms with Crippen LogP contribution < -0.4 is 19.1 Å². The Hall–Kier alpha value is -3.76. The molecule has 1 N–H and O–H groups in total. The molecule has 2 atom stereocenters. The molecule has 3 rings (SSSR count). The van der Waals surface area contributed by atoms with Crippen molar-refractivity contribution in [2.24, 2.45) is 0 Å². The second-order valence-electron chi connectivity index (χ2n) is 9.50. The van der Waals surface area contributed by atoms with Crippen LogP contribution in [0, 0.1) is 0 Å². The van der Waals surface area contributed by atoms with Crippen molar-refractivity contribution in [1.29, 1.82) is 0 Å². The number of sulfonamides is 1. The van der Waals surface area contributed by atoms with Gasteiger partial charge in [0.1, 0.15) is 24.1 Å². The summed E-state index contributed by atoms with van der Waals surface area (Å²) >= 11 is 6.26. The lowest BCUT2D eigenvalue weighted by atomic mass is 10.1. The first-order valence-corrected chi connectivity index (χ1v) is 15.0. The summed E-state index contributed by atoms with van der Waals surface area (Å²) in [6, 6.07) is 18.4. The van der Waals surface area contributed by atoms with Gasteiger partial charge in [-0.3, -0.25) is 13.9 Å². The maximum atomic E-state index is 14.1. The number of amides is 2. The predicted octanol–water partition coefficient (Wildman–Crippen LogP) is 4.88. The zero-order chi connectivity index (χ0) is 30.2. The minimum atomic E-state index is -4.25. The van der Waals surface area contributed by atoms with Crippen molar-refractivity contribution in [2.45, 2.75) is 50.7 Å². The summed E-state index contributed by atoms with van der Waals surface area (Å²) < 4.78 is 39.6. The molecule has 0 aliphatic carbocycles. The minimum absolute atomic E-state index is 0.0147. The van der Waals surface area contributed by atoms with Gasteiger partial charge in [-0.15, -0.1) is 0 Å². The van der Waals surface area contributed by atoms with E-state index in [9.17, 15) is 18.0 Å². The fraction of sp³-hybridized carbons (Fsp3) is 0.333. The number of anilines is 1. The minimum Gasteiger partial charge on any atom is -0.497 e. The third kappa shape index (κ3) is 7.92. The van der Waals surface area contributed by atoms with Crippen LogP contribution in [0.5, 0.6) is 11.5 Å². The highest BCUT2D eigenvalue weighted by molar-refractivity contribution is 7.92. The molecule has 0 heterocycles. The van der Waals surface area contributed by atoms with Gasteiger partial charge in [-0.2, -0.15) is 0 Å². The third-order valence-corrected chi connectivity index (χ3v) is 8.71. The van der Waals surface area contributed by atoms with E-state index in [2.05, 4.69) is 5.32 Å². The SMILES string of the molecule is CC[C@@H](C)NC(=O)[C@@H](C)N(Cc1ccc(OC)cc1)C(=O)CN(c1cc(Cl)ccc1OC)S(=O)(=O)c1ccccc1. The number of halogens is 1. The molecule has 0 saturated heterocycles. The summed E-state index contributed by atoms with van der Waals surface area (Å²) in [6.07, 6.45) is 0.711. The number of nitrogens with one attached hydrogen (secondary N) is 1. The smallest absolute Gasteiger partial charge is 0.264 e. The summed E-state index contributed by atoms with van der Waals surface area (Å²) in [5.41, 5.74) is 0.832. The lowest BCUT2D eigenvalue weighted by molar-refractivity contribution is -0.139. The Bertz CT molecular complexity index is 1430. The van der Waals surface area contributed by atoms with Crippen LogP contribution >= 0.6 is 11.6 Å². The quantitative estimate of drug-likeness (QED) is 0.299. The number of rotatable bonds is 13. The second-order valence-corrected chi connectivity index (χ2v) is 11.8. The van der Waals surface area contributed by atoms with E-state index in [-0.39, 0.29) is 39.8 Å². The van der Waals surface area contributed by atoms with Gasteiger partial charge >= 0.3 is 0 Å². The van der Waals surface area contributed by atoms with Gasteiger partial charge in [0.05, 0.1) is 24.8 Å². The van der Waals surface area contributed by atoms with Crippen LogP contribution in [0.4, 0.5) is 5.69 Å². The monoisotopic (exact) mass is 601 g/mol. The Balaban J connectivity index is 2.07. The molecule has 2 amide bonds. The van der Waals surface area contributed by atoms with Crippen molar-refractivity contribution < 1.29 is 27.5 Å². The number of hydrogen-bond acceptors (Lipinski definition) is 6. The van der Waals surface area contributed by atoms with Gasteiger partial charge in [-0.05, 0) is 68.3 Å². The van der Waals surface area contributed by atoms with Crippen molar-refractivity contribution in [3.05, 3.63) is 83.4 Å². The van der Waals surface area contributed by atoms with Crippen molar-refractivity contribution in [3.8, 4) is 11.5 Å². The van der Waals surface area contributed by atoms with Gasteiger partial charge in [-0.25, -0.2) is 8.42 Å². The van der Waals surface area contributed by atoms with Crippen molar-refractivity contribution in [2.75, 3.05) is 25.1 Å². The Morgan fingerprint density at radius 3 is 2.20 bits per heavy atom. The first-order chi connectivity index (χ1) is 19.5. The lowest BCUT2D eigenvalue weighted by Crippen LogP contribution is -2.52. The molecule has 0 aliphatic rings. The Labute approximate surface area is 247 Å². The van der Waals surface area contributed by atoms with E-state index in [0.717, 1.165) is 9.87 Å². The van der Waals surface area contributed by atoms with E-state index in [1.54, 1.807) is 62.6 Å². The number of carbonyl (C=O) groups is 2. The molecule has 0 aliphatic heterocycles. The summed E-state index contributed by atoms with van der Waals surface area (Å²) in [5.74, 6) is -0.0819. The van der Waals surface area contributed by atoms with Crippen LogP contribution in [0.25, 0.3) is 0 Å². The molecular formula is C30H36ClN3O6S. The largest absolute Gasteiger partial charge is 0.497 e. The highest BCUT2D eigenvalue weighted by atomic mass is 35.5. The normalized spacial score (nSPS) is 12.6.